The van der Waals surface area contributed by atoms with Gasteiger partial charge in [0.15, 0.2) is 11.9 Å². The summed E-state index contributed by atoms with van der Waals surface area (Å²) in [5, 5.41) is 22.0. The molecule has 170 valence electrons. The molecule has 0 spiro atoms. The second-order valence-corrected chi connectivity index (χ2v) is 8.35. The molecule has 12 heteroatoms. The van der Waals surface area contributed by atoms with Crippen LogP contribution in [-0.4, -0.2) is 93.1 Å². The van der Waals surface area contributed by atoms with Crippen LogP contribution in [0.2, 0.25) is 0 Å². The normalized spacial score (nSPS) is 24.7. The highest BCUT2D eigenvalue weighted by Crippen LogP contribution is 2.46. The number of carbonyl (C=O) groups excluding carboxylic acids is 4. The van der Waals surface area contributed by atoms with Gasteiger partial charge >= 0.3 is 23.8 Å². The summed E-state index contributed by atoms with van der Waals surface area (Å²) in [7, 11) is 0. The number of piperazine rings is 1. The Balaban J connectivity index is 1.73. The number of carboxylic acids is 1. The Kier molecular flexibility index (Phi) is 5.70. The van der Waals surface area contributed by atoms with Crippen LogP contribution in [0.4, 0.5) is 4.79 Å². The summed E-state index contributed by atoms with van der Waals surface area (Å²) in [5.41, 5.74) is -1.41. The van der Waals surface area contributed by atoms with Gasteiger partial charge in [0.1, 0.15) is 11.7 Å². The lowest BCUT2D eigenvalue weighted by molar-refractivity contribution is -0.183. The standard InChI is InChI=1S/C19H26N4O8/c1-5-21-6-7-22(15(27)14(21)26)18(30)20-8-19(3,4)12-11(17(28)29)23-13(25)10(9(2)24)16(23)31-12/h9-10,16,24H,5-8H2,1-4H3,(H,20,30)(H,28,29)/t9-,10+,16-/m1/s1. The van der Waals surface area contributed by atoms with Gasteiger partial charge in [0.05, 0.1) is 6.10 Å². The van der Waals surface area contributed by atoms with Crippen LogP contribution in [0.5, 0.6) is 0 Å². The topological polar surface area (TPSA) is 157 Å². The average Bonchev–Trinajstić information content (AvgIpc) is 3.04. The molecule has 0 saturated carbocycles. The molecule has 0 unspecified atom stereocenters. The number of imide groups is 1. The third kappa shape index (κ3) is 3.60. The first-order chi connectivity index (χ1) is 14.4. The summed E-state index contributed by atoms with van der Waals surface area (Å²) in [6.45, 7) is 6.89. The number of aliphatic hydroxyl groups is 1. The van der Waals surface area contributed by atoms with Crippen molar-refractivity contribution >= 4 is 29.7 Å². The Labute approximate surface area is 178 Å². The maximum atomic E-state index is 12.5. The van der Waals surface area contributed by atoms with E-state index in [4.69, 9.17) is 4.74 Å². The molecule has 3 rings (SSSR count). The van der Waals surface area contributed by atoms with Crippen LogP contribution in [0.1, 0.15) is 27.7 Å². The van der Waals surface area contributed by atoms with Crippen LogP contribution in [0.15, 0.2) is 11.5 Å². The quantitative estimate of drug-likeness (QED) is 0.349. The van der Waals surface area contributed by atoms with E-state index >= 15 is 0 Å². The molecular formula is C19H26N4O8. The van der Waals surface area contributed by atoms with E-state index in [1.807, 2.05) is 0 Å². The van der Waals surface area contributed by atoms with E-state index in [2.05, 4.69) is 5.32 Å². The zero-order valence-corrected chi connectivity index (χ0v) is 17.7. The Bertz CT molecular complexity index is 880. The van der Waals surface area contributed by atoms with Crippen molar-refractivity contribution in [3.63, 3.8) is 0 Å². The Morgan fingerprint density at radius 1 is 1.23 bits per heavy atom. The molecule has 3 heterocycles. The Morgan fingerprint density at radius 3 is 2.42 bits per heavy atom. The number of amides is 5. The molecule has 0 aromatic rings. The highest BCUT2D eigenvalue weighted by molar-refractivity contribution is 6.38. The van der Waals surface area contributed by atoms with E-state index in [9.17, 15) is 34.2 Å². The number of rotatable bonds is 6. The van der Waals surface area contributed by atoms with E-state index in [0.29, 0.717) is 6.54 Å². The summed E-state index contributed by atoms with van der Waals surface area (Å²) in [6, 6.07) is -0.779. The van der Waals surface area contributed by atoms with Crippen LogP contribution in [-0.2, 0) is 23.9 Å². The van der Waals surface area contributed by atoms with Crippen molar-refractivity contribution in [3.8, 4) is 0 Å². The van der Waals surface area contributed by atoms with Crippen LogP contribution < -0.4 is 5.32 Å². The van der Waals surface area contributed by atoms with Gasteiger partial charge in [0.25, 0.3) is 0 Å². The fourth-order valence-electron chi connectivity index (χ4n) is 3.90. The highest BCUT2D eigenvalue weighted by atomic mass is 16.5. The van der Waals surface area contributed by atoms with E-state index in [1.165, 1.54) is 11.8 Å². The number of aliphatic carboxylic acids is 1. The highest BCUT2D eigenvalue weighted by Gasteiger charge is 2.60. The van der Waals surface area contributed by atoms with Gasteiger partial charge in [0.2, 0.25) is 5.91 Å². The average molecular weight is 438 g/mol. The van der Waals surface area contributed by atoms with Crippen LogP contribution in [0.3, 0.4) is 0 Å². The van der Waals surface area contributed by atoms with E-state index < -0.39 is 53.4 Å². The predicted molar refractivity (Wildman–Crippen MR) is 103 cm³/mol. The molecule has 3 aliphatic heterocycles. The molecule has 0 aromatic heterocycles. The molecule has 3 aliphatic rings. The van der Waals surface area contributed by atoms with Crippen molar-refractivity contribution in [3.05, 3.63) is 11.5 Å². The van der Waals surface area contributed by atoms with Crippen molar-refractivity contribution in [1.82, 2.24) is 20.0 Å². The lowest BCUT2D eigenvalue weighted by Crippen LogP contribution is -2.62. The van der Waals surface area contributed by atoms with E-state index in [-0.39, 0.29) is 31.1 Å². The SMILES string of the molecule is CCN1CCN(C(=O)NCC(C)(C)C2=C(C(=O)O)N3C(=O)[C@H]([C@@H](C)O)[C@H]3O2)C(=O)C1=O. The van der Waals surface area contributed by atoms with Crippen molar-refractivity contribution in [2.45, 2.75) is 40.0 Å². The minimum Gasteiger partial charge on any atom is -0.476 e. The number of fused-ring (bicyclic) bond motifs is 1. The smallest absolute Gasteiger partial charge is 0.356 e. The van der Waals surface area contributed by atoms with Gasteiger partial charge in [-0.2, -0.15) is 0 Å². The second kappa shape index (κ2) is 7.84. The van der Waals surface area contributed by atoms with E-state index in [1.54, 1.807) is 20.8 Å². The van der Waals surface area contributed by atoms with Crippen LogP contribution in [0, 0.1) is 11.3 Å². The number of nitrogens with one attached hydrogen (secondary N) is 1. The first kappa shape index (κ1) is 22.5. The molecule has 0 aliphatic carbocycles. The summed E-state index contributed by atoms with van der Waals surface area (Å²) in [5.74, 6) is -4.50. The number of carboxylic acid groups (broad SMARTS) is 1. The number of ether oxygens (including phenoxy) is 1. The summed E-state index contributed by atoms with van der Waals surface area (Å²) in [6.07, 6.45) is -1.94. The minimum atomic E-state index is -1.37. The van der Waals surface area contributed by atoms with Gasteiger partial charge < -0.3 is 25.2 Å². The zero-order chi connectivity index (χ0) is 23.2. The molecule has 31 heavy (non-hydrogen) atoms. The van der Waals surface area contributed by atoms with Crippen molar-refractivity contribution < 1.29 is 38.9 Å². The van der Waals surface area contributed by atoms with Gasteiger partial charge in [-0.05, 0) is 13.8 Å². The molecular weight excluding hydrogens is 412 g/mol. The lowest BCUT2D eigenvalue weighted by Gasteiger charge is -2.42. The van der Waals surface area contributed by atoms with Crippen LogP contribution >= 0.6 is 0 Å². The molecule has 0 bridgehead atoms. The zero-order valence-electron chi connectivity index (χ0n) is 17.7. The van der Waals surface area contributed by atoms with Crippen LogP contribution in [0.25, 0.3) is 0 Å². The molecule has 0 radical (unpaired) electrons. The van der Waals surface area contributed by atoms with Crippen molar-refractivity contribution in [2.24, 2.45) is 11.3 Å². The Morgan fingerprint density at radius 2 is 1.87 bits per heavy atom. The third-order valence-corrected chi connectivity index (χ3v) is 5.73. The third-order valence-electron chi connectivity index (χ3n) is 5.73. The number of urea groups is 1. The number of hydrogen-bond donors (Lipinski definition) is 3. The number of β-lactam (4-membered cyclic amide) rings is 1. The second-order valence-electron chi connectivity index (χ2n) is 8.35. The lowest BCUT2D eigenvalue weighted by atomic mass is 9.88. The fraction of sp³-hybridized carbons (Fsp3) is 0.632. The number of hydrogen-bond acceptors (Lipinski definition) is 7. The van der Waals surface area contributed by atoms with Gasteiger partial charge in [0, 0.05) is 31.6 Å². The molecule has 3 N–H and O–H groups in total. The summed E-state index contributed by atoms with van der Waals surface area (Å²) >= 11 is 0. The molecule has 2 fully saturated rings. The van der Waals surface area contributed by atoms with Gasteiger partial charge in [-0.3, -0.25) is 24.2 Å². The van der Waals surface area contributed by atoms with Crippen molar-refractivity contribution in [1.29, 1.82) is 0 Å². The number of nitrogens with zero attached hydrogens (tertiary/aromatic N) is 3. The number of likely N-dealkylation sites (N-methyl/N-ethyl adjacent to an activating group) is 1. The molecule has 12 nitrogen and oxygen atoms in total. The molecule has 2 saturated heterocycles. The monoisotopic (exact) mass is 438 g/mol. The predicted octanol–water partition coefficient (Wildman–Crippen LogP) is -1.10. The summed E-state index contributed by atoms with van der Waals surface area (Å²) < 4.78 is 5.74. The maximum Gasteiger partial charge on any atom is 0.356 e. The first-order valence-electron chi connectivity index (χ1n) is 9.96. The first-order valence-corrected chi connectivity index (χ1v) is 9.96. The molecule has 0 aromatic carbocycles. The largest absolute Gasteiger partial charge is 0.476 e. The molecule has 5 amide bonds. The fourth-order valence-corrected chi connectivity index (χ4v) is 3.90. The van der Waals surface area contributed by atoms with E-state index in [0.717, 1.165) is 9.80 Å². The number of aliphatic hydroxyl groups excluding tert-OH is 1. The molecule has 3 atom stereocenters. The minimum absolute atomic E-state index is 0.0139. The van der Waals surface area contributed by atoms with Gasteiger partial charge in [-0.1, -0.05) is 13.8 Å². The summed E-state index contributed by atoms with van der Waals surface area (Å²) in [4.78, 5) is 64.0. The van der Waals surface area contributed by atoms with Gasteiger partial charge in [-0.25, -0.2) is 9.59 Å². The maximum absolute atomic E-state index is 12.5. The Hall–Kier alpha value is -3.15. The number of carbonyl (C=O) groups is 5. The van der Waals surface area contributed by atoms with Gasteiger partial charge in [-0.15, -0.1) is 0 Å². The van der Waals surface area contributed by atoms with Crippen molar-refractivity contribution in [2.75, 3.05) is 26.2 Å².